The fourth-order valence-electron chi connectivity index (χ4n) is 4.48. The van der Waals surface area contributed by atoms with Gasteiger partial charge >= 0.3 is 0 Å². The van der Waals surface area contributed by atoms with Gasteiger partial charge in [0.25, 0.3) is 5.56 Å². The van der Waals surface area contributed by atoms with Gasteiger partial charge in [-0.2, -0.15) is 0 Å². The van der Waals surface area contributed by atoms with E-state index < -0.39 is 35.0 Å². The van der Waals surface area contributed by atoms with Crippen LogP contribution in [0.25, 0.3) is 0 Å². The maximum Gasteiger partial charge on any atom is 0.296 e. The van der Waals surface area contributed by atoms with Gasteiger partial charge in [-0.3, -0.25) is 19.0 Å². The Labute approximate surface area is 208 Å². The fourth-order valence-corrected chi connectivity index (χ4v) is 4.48. The summed E-state index contributed by atoms with van der Waals surface area (Å²) >= 11 is 0. The second kappa shape index (κ2) is 10.6. The van der Waals surface area contributed by atoms with Crippen LogP contribution in [0.3, 0.4) is 0 Å². The highest BCUT2D eigenvalue weighted by Gasteiger charge is 2.34. The molecule has 0 saturated carbocycles. The molecule has 10 heteroatoms. The zero-order valence-electron chi connectivity index (χ0n) is 20.6. The standard InChI is InChI=1S/C26H30FN3O6/c1-4-17-13-35-14-19-25-28-23(24(33)26(34)30(17)25)20(31)9-8-16-11-15(2)18(27)12-21(16)36-10-6-5-7-22(32)29(19)3/h5,7,11-12,17,19,33H,4,6,8-10,13-14H2,1-3H3/b7-5+/t17-,19?/m0/s1. The van der Waals surface area contributed by atoms with Crippen LogP contribution >= 0.6 is 0 Å². The van der Waals surface area contributed by atoms with Crippen molar-refractivity contribution in [2.45, 2.75) is 51.6 Å². The van der Waals surface area contributed by atoms with Gasteiger partial charge in [-0.15, -0.1) is 0 Å². The highest BCUT2D eigenvalue weighted by molar-refractivity contribution is 5.96. The molecule has 0 fully saturated rings. The van der Waals surface area contributed by atoms with Gasteiger partial charge in [0.15, 0.2) is 11.5 Å². The van der Waals surface area contributed by atoms with Crippen LogP contribution in [0.1, 0.15) is 65.7 Å². The molecule has 9 nitrogen and oxygen atoms in total. The molecule has 0 radical (unpaired) electrons. The molecular formula is C26H30FN3O6. The molecule has 0 spiro atoms. The minimum Gasteiger partial charge on any atom is -0.501 e. The molecule has 192 valence electrons. The first-order chi connectivity index (χ1) is 17.2. The van der Waals surface area contributed by atoms with Gasteiger partial charge in [0.05, 0.1) is 25.9 Å². The van der Waals surface area contributed by atoms with Crippen molar-refractivity contribution in [1.29, 1.82) is 0 Å². The molecule has 0 aliphatic carbocycles. The smallest absolute Gasteiger partial charge is 0.296 e. The largest absolute Gasteiger partial charge is 0.501 e. The lowest BCUT2D eigenvalue weighted by Crippen LogP contribution is -2.38. The van der Waals surface area contributed by atoms with E-state index in [1.807, 2.05) is 6.92 Å². The number of nitrogens with zero attached hydrogens (tertiary/aromatic N) is 3. The molecule has 1 aromatic carbocycles. The van der Waals surface area contributed by atoms with Crippen LogP contribution in [0.2, 0.25) is 0 Å². The summed E-state index contributed by atoms with van der Waals surface area (Å²) in [4.78, 5) is 45.3. The molecule has 1 N–H and O–H groups in total. The Balaban J connectivity index is 1.84. The first-order valence-corrected chi connectivity index (χ1v) is 12.0. The zero-order valence-corrected chi connectivity index (χ0v) is 20.6. The van der Waals surface area contributed by atoms with E-state index in [9.17, 15) is 23.9 Å². The lowest BCUT2D eigenvalue weighted by molar-refractivity contribution is -0.128. The second-order valence-electron chi connectivity index (χ2n) is 9.08. The number of carbonyl (C=O) groups excluding carboxylic acids is 2. The second-order valence-corrected chi connectivity index (χ2v) is 9.08. The van der Waals surface area contributed by atoms with Crippen molar-refractivity contribution in [2.24, 2.45) is 0 Å². The van der Waals surface area contributed by atoms with Gasteiger partial charge < -0.3 is 19.5 Å². The average molecular weight is 500 g/mol. The quantitative estimate of drug-likeness (QED) is 0.642. The maximum absolute atomic E-state index is 14.2. The molecule has 4 rings (SSSR count). The highest BCUT2D eigenvalue weighted by Crippen LogP contribution is 2.30. The van der Waals surface area contributed by atoms with Crippen LogP contribution in [0.15, 0.2) is 29.1 Å². The highest BCUT2D eigenvalue weighted by atomic mass is 19.1. The number of aromatic nitrogens is 2. The number of aromatic hydroxyl groups is 1. The number of fused-ring (bicyclic) bond motifs is 2. The minimum absolute atomic E-state index is 0.0821. The summed E-state index contributed by atoms with van der Waals surface area (Å²) in [5.41, 5.74) is -0.0643. The van der Waals surface area contributed by atoms with Crippen molar-refractivity contribution in [2.75, 3.05) is 26.9 Å². The van der Waals surface area contributed by atoms with Crippen molar-refractivity contribution < 1.29 is 28.6 Å². The number of Topliss-reactive ketones (excluding diaryl/α,β-unsaturated/α-hetero) is 1. The van der Waals surface area contributed by atoms with Crippen molar-refractivity contribution in [3.63, 3.8) is 0 Å². The summed E-state index contributed by atoms with van der Waals surface area (Å²) in [6, 6.07) is 1.75. The van der Waals surface area contributed by atoms with Gasteiger partial charge in [0.1, 0.15) is 23.4 Å². The molecule has 2 aliphatic heterocycles. The number of benzene rings is 1. The van der Waals surface area contributed by atoms with Crippen LogP contribution in [0, 0.1) is 12.7 Å². The number of carbonyl (C=O) groups is 2. The number of ketones is 1. The van der Waals surface area contributed by atoms with E-state index >= 15 is 0 Å². The van der Waals surface area contributed by atoms with E-state index in [-0.39, 0.29) is 50.1 Å². The third-order valence-corrected chi connectivity index (χ3v) is 6.68. The first kappa shape index (κ1) is 25.6. The Morgan fingerprint density at radius 3 is 2.72 bits per heavy atom. The summed E-state index contributed by atoms with van der Waals surface area (Å²) in [5, 5.41) is 10.7. The number of halogens is 1. The predicted octanol–water partition coefficient (Wildman–Crippen LogP) is 3.03. The van der Waals surface area contributed by atoms with E-state index in [1.165, 1.54) is 21.6 Å². The Kier molecular flexibility index (Phi) is 7.53. The first-order valence-electron chi connectivity index (χ1n) is 12.0. The number of likely N-dealkylation sites (N-methyl/N-ethyl adjacent to an activating group) is 1. The fraction of sp³-hybridized carbons (Fsp3) is 0.462. The van der Waals surface area contributed by atoms with Gasteiger partial charge in [0.2, 0.25) is 11.7 Å². The molecule has 3 heterocycles. The van der Waals surface area contributed by atoms with Crippen LogP contribution in [0.4, 0.5) is 4.39 Å². The molecule has 0 saturated heterocycles. The lowest BCUT2D eigenvalue weighted by Gasteiger charge is -2.27. The van der Waals surface area contributed by atoms with Gasteiger partial charge in [-0.25, -0.2) is 9.37 Å². The maximum atomic E-state index is 14.2. The van der Waals surface area contributed by atoms with Crippen LogP contribution in [-0.2, 0) is 16.0 Å². The van der Waals surface area contributed by atoms with Crippen molar-refractivity contribution in [3.05, 3.63) is 63.1 Å². The molecular weight excluding hydrogens is 469 g/mol. The van der Waals surface area contributed by atoms with Gasteiger partial charge in [-0.1, -0.05) is 13.0 Å². The summed E-state index contributed by atoms with van der Waals surface area (Å²) in [6.45, 7) is 3.99. The monoisotopic (exact) mass is 499 g/mol. The molecule has 2 aliphatic rings. The Morgan fingerprint density at radius 1 is 1.19 bits per heavy atom. The number of rotatable bonds is 1. The third kappa shape index (κ3) is 4.90. The summed E-state index contributed by atoms with van der Waals surface area (Å²) in [7, 11) is 1.57. The number of hydrogen-bond acceptors (Lipinski definition) is 7. The number of hydrogen-bond donors (Lipinski definition) is 1. The van der Waals surface area contributed by atoms with Crippen LogP contribution in [0.5, 0.6) is 11.5 Å². The molecule has 1 aromatic heterocycles. The lowest BCUT2D eigenvalue weighted by atomic mass is 10.0. The molecule has 1 unspecified atom stereocenters. The molecule has 36 heavy (non-hydrogen) atoms. The topological polar surface area (TPSA) is 111 Å². The third-order valence-electron chi connectivity index (χ3n) is 6.68. The molecule has 2 bridgehead atoms. The molecule has 2 aromatic rings. The van der Waals surface area contributed by atoms with Crippen LogP contribution in [-0.4, -0.2) is 58.1 Å². The normalized spacial score (nSPS) is 21.9. The Hall–Kier alpha value is -3.53. The van der Waals surface area contributed by atoms with Gasteiger partial charge in [0, 0.05) is 19.5 Å². The molecule has 2 atom stereocenters. The summed E-state index contributed by atoms with van der Waals surface area (Å²) < 4.78 is 27.1. The zero-order chi connectivity index (χ0) is 26.0. The van der Waals surface area contributed by atoms with E-state index in [0.29, 0.717) is 29.7 Å². The molecule has 1 amide bonds. The van der Waals surface area contributed by atoms with Crippen molar-refractivity contribution in [3.8, 4) is 11.5 Å². The van der Waals surface area contributed by atoms with Crippen molar-refractivity contribution >= 4 is 11.7 Å². The number of aryl methyl sites for hydroxylation is 2. The summed E-state index contributed by atoms with van der Waals surface area (Å²) in [6.07, 6.45) is 4.10. The van der Waals surface area contributed by atoms with E-state index in [4.69, 9.17) is 9.47 Å². The number of ether oxygens (including phenoxy) is 2. The van der Waals surface area contributed by atoms with Crippen molar-refractivity contribution in [1.82, 2.24) is 14.5 Å². The summed E-state index contributed by atoms with van der Waals surface area (Å²) in [5.74, 6) is -1.56. The van der Waals surface area contributed by atoms with E-state index in [2.05, 4.69) is 4.98 Å². The Morgan fingerprint density at radius 2 is 1.97 bits per heavy atom. The van der Waals surface area contributed by atoms with E-state index in [1.54, 1.807) is 26.1 Å². The Bertz CT molecular complexity index is 1270. The predicted molar refractivity (Wildman–Crippen MR) is 129 cm³/mol. The van der Waals surface area contributed by atoms with Crippen LogP contribution < -0.4 is 10.3 Å². The van der Waals surface area contributed by atoms with Gasteiger partial charge in [-0.05, 0) is 49.5 Å². The number of amides is 1. The van der Waals surface area contributed by atoms with E-state index in [0.717, 1.165) is 0 Å². The minimum atomic E-state index is -0.746. The SMILES string of the molecule is CC[C@H]1COCC2c3nc(c(O)c(=O)n31)C(=O)CCc1cc(C)c(F)cc1OCC/C=C/C(=O)N2C. The average Bonchev–Trinajstić information content (AvgIpc) is 3.04.